The molecule has 0 radical (unpaired) electrons. The highest BCUT2D eigenvalue weighted by atomic mass is 19.1. The lowest BCUT2D eigenvalue weighted by molar-refractivity contribution is -0.118. The lowest BCUT2D eigenvalue weighted by Crippen LogP contribution is -2.44. The molecule has 2 fully saturated rings. The fraction of sp³-hybridized carbons (Fsp3) is 0.611. The topological polar surface area (TPSA) is 32.8 Å². The molecule has 1 amide bonds. The van der Waals surface area contributed by atoms with Crippen molar-refractivity contribution in [2.24, 2.45) is 5.41 Å². The molecule has 1 aromatic carbocycles. The summed E-state index contributed by atoms with van der Waals surface area (Å²) in [5.41, 5.74) is 0.610. The number of carbonyl (C=O) groups excluding carboxylic acids is 1. The minimum absolute atomic E-state index is 0.103. The van der Waals surface area contributed by atoms with Gasteiger partial charge in [0.2, 0.25) is 5.91 Å². The quantitative estimate of drug-likeness (QED) is 0.858. The molecular weight excluding hydrogens is 295 g/mol. The maximum atomic E-state index is 13.1. The Hall–Kier alpha value is -1.46. The molecule has 2 saturated heterocycles. The van der Waals surface area contributed by atoms with Crippen LogP contribution >= 0.6 is 0 Å². The molecule has 1 aromatic rings. The third-order valence-corrected chi connectivity index (χ3v) is 5.14. The van der Waals surface area contributed by atoms with Gasteiger partial charge in [0, 0.05) is 43.2 Å². The lowest BCUT2D eigenvalue weighted by atomic mass is 9.87. The SMILES string of the molecule is CC[C@@H](C)N1CCOC[C@]2(CC(=O)N(c3ccc(F)cc3)C2)C1. The van der Waals surface area contributed by atoms with E-state index in [0.717, 1.165) is 31.8 Å². The number of nitrogens with zero attached hydrogens (tertiary/aromatic N) is 2. The van der Waals surface area contributed by atoms with E-state index in [-0.39, 0.29) is 17.1 Å². The van der Waals surface area contributed by atoms with Gasteiger partial charge in [-0.15, -0.1) is 0 Å². The van der Waals surface area contributed by atoms with Crippen molar-refractivity contribution in [2.45, 2.75) is 32.7 Å². The van der Waals surface area contributed by atoms with Crippen molar-refractivity contribution < 1.29 is 13.9 Å². The Morgan fingerprint density at radius 3 is 2.74 bits per heavy atom. The Morgan fingerprint density at radius 2 is 2.04 bits per heavy atom. The maximum absolute atomic E-state index is 13.1. The van der Waals surface area contributed by atoms with Crippen LogP contribution in [0.25, 0.3) is 0 Å². The second-order valence-corrected chi connectivity index (χ2v) is 6.91. The van der Waals surface area contributed by atoms with Gasteiger partial charge < -0.3 is 9.64 Å². The van der Waals surface area contributed by atoms with Crippen LogP contribution in [-0.2, 0) is 9.53 Å². The molecule has 0 saturated carbocycles. The number of anilines is 1. The first kappa shape index (κ1) is 16.4. The van der Waals surface area contributed by atoms with Gasteiger partial charge in [0.05, 0.1) is 13.2 Å². The van der Waals surface area contributed by atoms with Gasteiger partial charge in [-0.2, -0.15) is 0 Å². The zero-order valence-electron chi connectivity index (χ0n) is 13.9. The molecule has 5 heteroatoms. The number of hydrogen-bond donors (Lipinski definition) is 0. The van der Waals surface area contributed by atoms with E-state index in [4.69, 9.17) is 4.74 Å². The van der Waals surface area contributed by atoms with Crippen molar-refractivity contribution in [3.63, 3.8) is 0 Å². The highest BCUT2D eigenvalue weighted by Crippen LogP contribution is 2.37. The lowest BCUT2D eigenvalue weighted by Gasteiger charge is -2.34. The molecule has 126 valence electrons. The van der Waals surface area contributed by atoms with E-state index < -0.39 is 0 Å². The predicted octanol–water partition coefficient (Wildman–Crippen LogP) is 2.68. The summed E-state index contributed by atoms with van der Waals surface area (Å²) in [6.45, 7) is 8.19. The molecule has 2 atom stereocenters. The molecule has 3 rings (SSSR count). The van der Waals surface area contributed by atoms with Crippen molar-refractivity contribution in [2.75, 3.05) is 37.7 Å². The van der Waals surface area contributed by atoms with Gasteiger partial charge >= 0.3 is 0 Å². The first-order valence-corrected chi connectivity index (χ1v) is 8.41. The second-order valence-electron chi connectivity index (χ2n) is 6.91. The van der Waals surface area contributed by atoms with Crippen LogP contribution in [0.15, 0.2) is 24.3 Å². The largest absolute Gasteiger partial charge is 0.379 e. The number of rotatable bonds is 3. The van der Waals surface area contributed by atoms with Gasteiger partial charge in [-0.1, -0.05) is 6.92 Å². The second kappa shape index (κ2) is 6.57. The number of ether oxygens (including phenoxy) is 1. The van der Waals surface area contributed by atoms with Crippen molar-refractivity contribution in [3.8, 4) is 0 Å². The Morgan fingerprint density at radius 1 is 1.30 bits per heavy atom. The number of carbonyl (C=O) groups is 1. The van der Waals surface area contributed by atoms with Gasteiger partial charge in [-0.3, -0.25) is 9.69 Å². The van der Waals surface area contributed by atoms with Crippen LogP contribution in [-0.4, -0.2) is 49.7 Å². The van der Waals surface area contributed by atoms with Gasteiger partial charge in [0.15, 0.2) is 0 Å². The van der Waals surface area contributed by atoms with Crippen LogP contribution in [0, 0.1) is 11.2 Å². The highest BCUT2D eigenvalue weighted by molar-refractivity contribution is 5.96. The molecular formula is C18H25FN2O2. The van der Waals surface area contributed by atoms with E-state index in [1.54, 1.807) is 17.0 Å². The summed E-state index contributed by atoms with van der Waals surface area (Å²) < 4.78 is 18.9. The summed E-state index contributed by atoms with van der Waals surface area (Å²) in [5, 5.41) is 0. The summed E-state index contributed by atoms with van der Waals surface area (Å²) in [6.07, 6.45) is 1.59. The van der Waals surface area contributed by atoms with Crippen LogP contribution in [0.3, 0.4) is 0 Å². The number of benzene rings is 1. The van der Waals surface area contributed by atoms with E-state index in [9.17, 15) is 9.18 Å². The number of hydrogen-bond acceptors (Lipinski definition) is 3. The zero-order valence-corrected chi connectivity index (χ0v) is 13.9. The fourth-order valence-electron chi connectivity index (χ4n) is 3.62. The van der Waals surface area contributed by atoms with Gasteiger partial charge in [0.25, 0.3) is 0 Å². The third-order valence-electron chi connectivity index (χ3n) is 5.14. The van der Waals surface area contributed by atoms with Crippen molar-refractivity contribution in [1.29, 1.82) is 0 Å². The van der Waals surface area contributed by atoms with Crippen LogP contribution in [0.2, 0.25) is 0 Å². The van der Waals surface area contributed by atoms with E-state index >= 15 is 0 Å². The van der Waals surface area contributed by atoms with E-state index in [1.807, 2.05) is 0 Å². The monoisotopic (exact) mass is 320 g/mol. The molecule has 2 aliphatic rings. The minimum Gasteiger partial charge on any atom is -0.379 e. The molecule has 0 unspecified atom stereocenters. The van der Waals surface area contributed by atoms with E-state index in [1.165, 1.54) is 12.1 Å². The minimum atomic E-state index is -0.282. The first-order chi connectivity index (χ1) is 11.0. The average molecular weight is 320 g/mol. The van der Waals surface area contributed by atoms with Crippen LogP contribution in [0.4, 0.5) is 10.1 Å². The van der Waals surface area contributed by atoms with Crippen molar-refractivity contribution >= 4 is 11.6 Å². The first-order valence-electron chi connectivity index (χ1n) is 8.41. The van der Waals surface area contributed by atoms with E-state index in [0.29, 0.717) is 25.6 Å². The smallest absolute Gasteiger partial charge is 0.227 e. The molecule has 0 bridgehead atoms. The summed E-state index contributed by atoms with van der Waals surface area (Å²) >= 11 is 0. The molecule has 23 heavy (non-hydrogen) atoms. The molecule has 1 spiro atoms. The summed E-state index contributed by atoms with van der Waals surface area (Å²) in [6, 6.07) is 6.65. The normalized spacial score (nSPS) is 27.4. The Kier molecular flexibility index (Phi) is 4.69. The Labute approximate surface area is 137 Å². The number of halogens is 1. The Bertz CT molecular complexity index is 563. The Balaban J connectivity index is 1.80. The standard InChI is InChI=1S/C18H25FN2O2/c1-3-14(2)20-8-9-23-13-18(11-20)10-17(22)21(12-18)16-6-4-15(19)5-7-16/h4-7,14H,3,8-13H2,1-2H3/t14-,18-/m1/s1. The van der Waals surface area contributed by atoms with Crippen LogP contribution in [0.1, 0.15) is 26.7 Å². The third kappa shape index (κ3) is 3.40. The van der Waals surface area contributed by atoms with Crippen LogP contribution in [0.5, 0.6) is 0 Å². The van der Waals surface area contributed by atoms with Gasteiger partial charge in [-0.05, 0) is 37.6 Å². The molecule has 0 aromatic heterocycles. The summed E-state index contributed by atoms with van der Waals surface area (Å²) in [7, 11) is 0. The van der Waals surface area contributed by atoms with Crippen molar-refractivity contribution in [3.05, 3.63) is 30.1 Å². The van der Waals surface area contributed by atoms with Crippen LogP contribution < -0.4 is 4.90 Å². The molecule has 2 heterocycles. The predicted molar refractivity (Wildman–Crippen MR) is 87.9 cm³/mol. The highest BCUT2D eigenvalue weighted by Gasteiger charge is 2.46. The maximum Gasteiger partial charge on any atom is 0.227 e. The molecule has 0 aliphatic carbocycles. The molecule has 4 nitrogen and oxygen atoms in total. The summed E-state index contributed by atoms with van der Waals surface area (Å²) in [4.78, 5) is 16.8. The molecule has 0 N–H and O–H groups in total. The average Bonchev–Trinajstić information content (AvgIpc) is 2.73. The fourth-order valence-corrected chi connectivity index (χ4v) is 3.62. The van der Waals surface area contributed by atoms with Gasteiger partial charge in [-0.25, -0.2) is 4.39 Å². The van der Waals surface area contributed by atoms with E-state index in [2.05, 4.69) is 18.7 Å². The van der Waals surface area contributed by atoms with Gasteiger partial charge in [0.1, 0.15) is 5.82 Å². The summed E-state index contributed by atoms with van der Waals surface area (Å²) in [5.74, 6) is -0.179. The zero-order chi connectivity index (χ0) is 16.4. The molecule has 2 aliphatic heterocycles. The van der Waals surface area contributed by atoms with Crippen molar-refractivity contribution in [1.82, 2.24) is 4.90 Å². The number of amides is 1.